The summed E-state index contributed by atoms with van der Waals surface area (Å²) in [5.41, 5.74) is 2.46. The van der Waals surface area contributed by atoms with Crippen LogP contribution in [0.15, 0.2) is 42.5 Å². The fourth-order valence-electron chi connectivity index (χ4n) is 3.10. The van der Waals surface area contributed by atoms with E-state index in [1.807, 2.05) is 18.2 Å². The van der Waals surface area contributed by atoms with Crippen LogP contribution in [0.25, 0.3) is 0 Å². The van der Waals surface area contributed by atoms with Crippen LogP contribution in [-0.2, 0) is 13.0 Å². The van der Waals surface area contributed by atoms with Crippen LogP contribution in [0.5, 0.6) is 17.2 Å². The number of thioether (sulfide) groups is 1. The summed E-state index contributed by atoms with van der Waals surface area (Å²) in [7, 11) is 5.01. The van der Waals surface area contributed by atoms with Crippen molar-refractivity contribution in [1.29, 1.82) is 0 Å². The summed E-state index contributed by atoms with van der Waals surface area (Å²) in [6.45, 7) is 2.61. The number of nitrogens with zero attached hydrogens (tertiary/aromatic N) is 2. The predicted molar refractivity (Wildman–Crippen MR) is 118 cm³/mol. The molecule has 0 bridgehead atoms. The highest BCUT2D eigenvalue weighted by molar-refractivity contribution is 8.22. The highest BCUT2D eigenvalue weighted by Gasteiger charge is 2.21. The topological polar surface area (TPSA) is 34.2 Å². The number of rotatable bonds is 8. The van der Waals surface area contributed by atoms with E-state index in [2.05, 4.69) is 34.1 Å². The molecule has 1 saturated heterocycles. The predicted octanol–water partition coefficient (Wildman–Crippen LogP) is 4.01. The van der Waals surface area contributed by atoms with Gasteiger partial charge in [-0.05, 0) is 41.8 Å². The van der Waals surface area contributed by atoms with Gasteiger partial charge < -0.3 is 19.1 Å². The molecule has 0 spiro atoms. The minimum absolute atomic E-state index is 0.760. The Labute approximate surface area is 176 Å². The lowest BCUT2D eigenvalue weighted by molar-refractivity contribution is 0.209. The van der Waals surface area contributed by atoms with Gasteiger partial charge in [0.2, 0.25) is 0 Å². The Balaban J connectivity index is 1.57. The molecule has 7 heteroatoms. The maximum absolute atomic E-state index is 5.57. The average molecular weight is 419 g/mol. The van der Waals surface area contributed by atoms with Gasteiger partial charge >= 0.3 is 0 Å². The maximum atomic E-state index is 5.57. The molecule has 1 fully saturated rings. The zero-order valence-electron chi connectivity index (χ0n) is 16.5. The van der Waals surface area contributed by atoms with Crippen LogP contribution in [0.1, 0.15) is 11.1 Å². The molecule has 0 unspecified atom stereocenters. The second-order valence-corrected chi connectivity index (χ2v) is 8.14. The Bertz CT molecular complexity index is 799. The second kappa shape index (κ2) is 10.0. The molecule has 5 nitrogen and oxygen atoms in total. The quantitative estimate of drug-likeness (QED) is 0.599. The summed E-state index contributed by atoms with van der Waals surface area (Å²) >= 11 is 7.30. The lowest BCUT2D eigenvalue weighted by Crippen LogP contribution is -2.44. The van der Waals surface area contributed by atoms with Crippen LogP contribution < -0.4 is 14.2 Å². The Kier molecular flexibility index (Phi) is 7.42. The van der Waals surface area contributed by atoms with E-state index >= 15 is 0 Å². The third kappa shape index (κ3) is 5.31. The first-order chi connectivity index (χ1) is 13.6. The molecule has 0 aliphatic carbocycles. The number of thiocarbonyl (C=S) groups is 1. The molecule has 1 heterocycles. The van der Waals surface area contributed by atoms with E-state index in [0.717, 1.165) is 53.6 Å². The molecular weight excluding hydrogens is 392 g/mol. The van der Waals surface area contributed by atoms with Crippen molar-refractivity contribution in [3.63, 3.8) is 0 Å². The number of ether oxygens (including phenoxy) is 3. The monoisotopic (exact) mass is 418 g/mol. The molecule has 0 N–H and O–H groups in total. The number of hydrogen-bond donors (Lipinski definition) is 0. The molecule has 0 saturated carbocycles. The molecule has 0 radical (unpaired) electrons. The standard InChI is InChI=1S/C21H26N2O3S2/c1-24-18-7-4-17(5-8-18)13-23-14-22(15-28-21(23)27)11-10-16-6-9-19(25-2)20(12-16)26-3/h4-9,12H,10-11,13-15H2,1-3H3. The Morgan fingerprint density at radius 1 is 0.929 bits per heavy atom. The molecule has 2 aromatic rings. The Morgan fingerprint density at radius 3 is 2.32 bits per heavy atom. The van der Waals surface area contributed by atoms with Gasteiger partial charge in [0.25, 0.3) is 0 Å². The van der Waals surface area contributed by atoms with E-state index in [-0.39, 0.29) is 0 Å². The number of hydrogen-bond acceptors (Lipinski definition) is 6. The molecule has 0 atom stereocenters. The van der Waals surface area contributed by atoms with Crippen molar-refractivity contribution >= 4 is 28.3 Å². The fraction of sp³-hybridized carbons (Fsp3) is 0.381. The minimum atomic E-state index is 0.760. The van der Waals surface area contributed by atoms with Crippen molar-refractivity contribution in [2.75, 3.05) is 40.4 Å². The van der Waals surface area contributed by atoms with Crippen molar-refractivity contribution in [3.8, 4) is 17.2 Å². The van der Waals surface area contributed by atoms with Crippen LogP contribution >= 0.6 is 24.0 Å². The largest absolute Gasteiger partial charge is 0.497 e. The Morgan fingerprint density at radius 2 is 1.64 bits per heavy atom. The van der Waals surface area contributed by atoms with Gasteiger partial charge in [-0.15, -0.1) is 0 Å². The van der Waals surface area contributed by atoms with Gasteiger partial charge in [-0.1, -0.05) is 42.2 Å². The molecule has 28 heavy (non-hydrogen) atoms. The zero-order chi connectivity index (χ0) is 19.9. The van der Waals surface area contributed by atoms with E-state index in [9.17, 15) is 0 Å². The van der Waals surface area contributed by atoms with Crippen LogP contribution in [0.4, 0.5) is 0 Å². The van der Waals surface area contributed by atoms with E-state index in [0.29, 0.717) is 0 Å². The molecule has 3 rings (SSSR count). The average Bonchev–Trinajstić information content (AvgIpc) is 2.74. The van der Waals surface area contributed by atoms with Gasteiger partial charge in [-0.25, -0.2) is 0 Å². The van der Waals surface area contributed by atoms with E-state index in [4.69, 9.17) is 26.4 Å². The molecule has 150 valence electrons. The smallest absolute Gasteiger partial charge is 0.160 e. The summed E-state index contributed by atoms with van der Waals surface area (Å²) in [5, 5.41) is 0. The molecule has 0 amide bonds. The molecule has 1 aliphatic rings. The van der Waals surface area contributed by atoms with Crippen molar-refractivity contribution in [1.82, 2.24) is 9.80 Å². The summed E-state index contributed by atoms with van der Waals surface area (Å²) in [5.74, 6) is 3.33. The highest BCUT2D eigenvalue weighted by Crippen LogP contribution is 2.28. The summed E-state index contributed by atoms with van der Waals surface area (Å²) in [4.78, 5) is 4.67. The third-order valence-electron chi connectivity index (χ3n) is 4.70. The maximum Gasteiger partial charge on any atom is 0.160 e. The zero-order valence-corrected chi connectivity index (χ0v) is 18.1. The van der Waals surface area contributed by atoms with Gasteiger partial charge in [0.1, 0.15) is 10.1 Å². The lowest BCUT2D eigenvalue weighted by atomic mass is 10.1. The first kappa shape index (κ1) is 20.8. The van der Waals surface area contributed by atoms with Gasteiger partial charge in [0.05, 0.1) is 33.9 Å². The number of methoxy groups -OCH3 is 3. The first-order valence-corrected chi connectivity index (χ1v) is 10.5. The van der Waals surface area contributed by atoms with Crippen molar-refractivity contribution in [2.45, 2.75) is 13.0 Å². The molecular formula is C21H26N2O3S2. The van der Waals surface area contributed by atoms with Crippen LogP contribution in [0, 0.1) is 0 Å². The first-order valence-electron chi connectivity index (χ1n) is 9.11. The second-order valence-electron chi connectivity index (χ2n) is 6.56. The highest BCUT2D eigenvalue weighted by atomic mass is 32.2. The summed E-state index contributed by atoms with van der Waals surface area (Å²) < 4.78 is 16.9. The van der Waals surface area contributed by atoms with E-state index < -0.39 is 0 Å². The van der Waals surface area contributed by atoms with Gasteiger partial charge in [-0.3, -0.25) is 4.90 Å². The Hall–Kier alpha value is -1.96. The van der Waals surface area contributed by atoms with Crippen LogP contribution in [-0.4, -0.2) is 54.5 Å². The summed E-state index contributed by atoms with van der Waals surface area (Å²) in [6.07, 6.45) is 0.948. The van der Waals surface area contributed by atoms with E-state index in [1.165, 1.54) is 11.1 Å². The molecule has 0 aromatic heterocycles. The van der Waals surface area contributed by atoms with Crippen LogP contribution in [0.2, 0.25) is 0 Å². The molecule has 1 aliphatic heterocycles. The van der Waals surface area contributed by atoms with Gasteiger partial charge in [-0.2, -0.15) is 0 Å². The molecule has 2 aromatic carbocycles. The van der Waals surface area contributed by atoms with Gasteiger partial charge in [0.15, 0.2) is 11.5 Å². The fourth-order valence-corrected chi connectivity index (χ4v) is 4.19. The van der Waals surface area contributed by atoms with Crippen molar-refractivity contribution in [2.24, 2.45) is 0 Å². The minimum Gasteiger partial charge on any atom is -0.497 e. The van der Waals surface area contributed by atoms with E-state index in [1.54, 1.807) is 33.1 Å². The summed E-state index contributed by atoms with van der Waals surface area (Å²) in [6, 6.07) is 14.3. The number of benzene rings is 2. The third-order valence-corrected chi connectivity index (χ3v) is 6.31. The van der Waals surface area contributed by atoms with Crippen molar-refractivity contribution in [3.05, 3.63) is 53.6 Å². The SMILES string of the molecule is COc1ccc(CN2CN(CCc3ccc(OC)c(OC)c3)CSC2=S)cc1. The lowest BCUT2D eigenvalue weighted by Gasteiger charge is -2.36. The van der Waals surface area contributed by atoms with Gasteiger partial charge in [0, 0.05) is 13.1 Å². The normalized spacial score (nSPS) is 14.8. The van der Waals surface area contributed by atoms with Crippen LogP contribution in [0.3, 0.4) is 0 Å². The van der Waals surface area contributed by atoms with Crippen molar-refractivity contribution < 1.29 is 14.2 Å².